The average Bonchev–Trinajstić information content (AvgIpc) is 2.33. The van der Waals surface area contributed by atoms with Crippen LogP contribution in [0.2, 0.25) is 0 Å². The Morgan fingerprint density at radius 3 is 2.29 bits per heavy atom. The van der Waals surface area contributed by atoms with E-state index in [1.807, 2.05) is 0 Å². The van der Waals surface area contributed by atoms with Crippen LogP contribution in [0.5, 0.6) is 0 Å². The molecule has 0 aliphatic heterocycles. The molecule has 0 radical (unpaired) electrons. The third-order valence-electron chi connectivity index (χ3n) is 3.49. The van der Waals surface area contributed by atoms with Crippen LogP contribution < -0.4 is 0 Å². The van der Waals surface area contributed by atoms with Crippen molar-refractivity contribution in [2.24, 2.45) is 5.92 Å². The van der Waals surface area contributed by atoms with E-state index < -0.39 is 17.6 Å². The molecule has 1 aliphatic carbocycles. The normalized spacial score (nSPS) is 24.6. The molecule has 1 saturated carbocycles. The highest BCUT2D eigenvalue weighted by Crippen LogP contribution is 2.36. The summed E-state index contributed by atoms with van der Waals surface area (Å²) in [6.45, 7) is 0. The van der Waals surface area contributed by atoms with Gasteiger partial charge in [-0.15, -0.1) is 0 Å². The molecule has 92 valence electrons. The van der Waals surface area contributed by atoms with Gasteiger partial charge in [0.1, 0.15) is 0 Å². The zero-order valence-corrected chi connectivity index (χ0v) is 9.33. The molecular formula is C13H14F2O2. The van der Waals surface area contributed by atoms with Gasteiger partial charge in [-0.25, -0.2) is 8.78 Å². The summed E-state index contributed by atoms with van der Waals surface area (Å²) >= 11 is 0. The molecule has 1 aromatic rings. The SMILES string of the molecule is O=C(O)[C@H]1CC[C@H](c2ccc(F)c(F)c2)CC1. The molecular weight excluding hydrogens is 226 g/mol. The zero-order chi connectivity index (χ0) is 12.4. The lowest BCUT2D eigenvalue weighted by Crippen LogP contribution is -2.20. The highest BCUT2D eigenvalue weighted by Gasteiger charge is 2.26. The van der Waals surface area contributed by atoms with E-state index in [0.717, 1.165) is 24.5 Å². The highest BCUT2D eigenvalue weighted by atomic mass is 19.2. The summed E-state index contributed by atoms with van der Waals surface area (Å²) in [5.41, 5.74) is 0.771. The first-order chi connectivity index (χ1) is 8.08. The van der Waals surface area contributed by atoms with Crippen LogP contribution in [0, 0.1) is 17.6 Å². The van der Waals surface area contributed by atoms with E-state index in [2.05, 4.69) is 0 Å². The first kappa shape index (κ1) is 12.0. The number of rotatable bonds is 2. The third-order valence-corrected chi connectivity index (χ3v) is 3.49. The molecule has 0 aromatic heterocycles. The van der Waals surface area contributed by atoms with Gasteiger partial charge in [0.05, 0.1) is 5.92 Å². The standard InChI is InChI=1S/C13H14F2O2/c14-11-6-5-10(7-12(11)15)8-1-3-9(4-2-8)13(16)17/h5-9H,1-4H2,(H,16,17)/t8-,9-. The highest BCUT2D eigenvalue weighted by molar-refractivity contribution is 5.70. The average molecular weight is 240 g/mol. The minimum absolute atomic E-state index is 0.153. The number of hydrogen-bond donors (Lipinski definition) is 1. The molecule has 0 heterocycles. The fourth-order valence-corrected chi connectivity index (χ4v) is 2.44. The summed E-state index contributed by atoms with van der Waals surface area (Å²) in [5.74, 6) is -2.55. The van der Waals surface area contributed by atoms with Crippen molar-refractivity contribution in [1.82, 2.24) is 0 Å². The number of carboxylic acid groups (broad SMARTS) is 1. The molecule has 1 aliphatic rings. The fraction of sp³-hybridized carbons (Fsp3) is 0.462. The van der Waals surface area contributed by atoms with Crippen LogP contribution in [0.4, 0.5) is 8.78 Å². The fourth-order valence-electron chi connectivity index (χ4n) is 2.44. The Hall–Kier alpha value is -1.45. The molecule has 0 amide bonds. The summed E-state index contributed by atoms with van der Waals surface area (Å²) in [6, 6.07) is 3.94. The Kier molecular flexibility index (Phi) is 3.41. The van der Waals surface area contributed by atoms with E-state index in [-0.39, 0.29) is 11.8 Å². The van der Waals surface area contributed by atoms with Crippen LogP contribution in [0.3, 0.4) is 0 Å². The second-order valence-corrected chi connectivity index (χ2v) is 4.56. The van der Waals surface area contributed by atoms with Gasteiger partial charge in [0, 0.05) is 0 Å². The van der Waals surface area contributed by atoms with Gasteiger partial charge in [-0.3, -0.25) is 4.79 Å². The second kappa shape index (κ2) is 4.82. The maximum absolute atomic E-state index is 13.1. The summed E-state index contributed by atoms with van der Waals surface area (Å²) in [6.07, 6.45) is 2.67. The van der Waals surface area contributed by atoms with Gasteiger partial charge >= 0.3 is 5.97 Å². The summed E-state index contributed by atoms with van der Waals surface area (Å²) in [5, 5.41) is 8.87. The van der Waals surface area contributed by atoms with E-state index in [1.54, 1.807) is 6.07 Å². The van der Waals surface area contributed by atoms with Crippen LogP contribution in [-0.2, 0) is 4.79 Å². The molecule has 0 spiro atoms. The second-order valence-electron chi connectivity index (χ2n) is 4.56. The number of aliphatic carboxylic acids is 1. The van der Waals surface area contributed by atoms with Crippen molar-refractivity contribution < 1.29 is 18.7 Å². The van der Waals surface area contributed by atoms with Crippen molar-refractivity contribution in [3.8, 4) is 0 Å². The van der Waals surface area contributed by atoms with E-state index in [0.29, 0.717) is 12.8 Å². The predicted octanol–water partition coefficient (Wildman–Crippen LogP) is 3.32. The largest absolute Gasteiger partial charge is 0.481 e. The molecule has 17 heavy (non-hydrogen) atoms. The third kappa shape index (κ3) is 2.62. The maximum Gasteiger partial charge on any atom is 0.306 e. The quantitative estimate of drug-likeness (QED) is 0.861. The van der Waals surface area contributed by atoms with Crippen molar-refractivity contribution in [3.05, 3.63) is 35.4 Å². The first-order valence-corrected chi connectivity index (χ1v) is 5.75. The summed E-state index contributed by atoms with van der Waals surface area (Å²) in [4.78, 5) is 10.8. The van der Waals surface area contributed by atoms with Gasteiger partial charge in [0.25, 0.3) is 0 Å². The molecule has 0 atom stereocenters. The maximum atomic E-state index is 13.1. The minimum Gasteiger partial charge on any atom is -0.481 e. The van der Waals surface area contributed by atoms with Crippen molar-refractivity contribution in [3.63, 3.8) is 0 Å². The Bertz CT molecular complexity index is 423. The number of hydrogen-bond acceptors (Lipinski definition) is 1. The van der Waals surface area contributed by atoms with E-state index in [1.165, 1.54) is 6.07 Å². The number of carboxylic acids is 1. The van der Waals surface area contributed by atoms with E-state index in [4.69, 9.17) is 5.11 Å². The molecule has 0 bridgehead atoms. The zero-order valence-electron chi connectivity index (χ0n) is 9.33. The first-order valence-electron chi connectivity index (χ1n) is 5.75. The molecule has 0 unspecified atom stereocenters. The molecule has 1 N–H and O–H groups in total. The van der Waals surface area contributed by atoms with Gasteiger partial charge in [0.15, 0.2) is 11.6 Å². The van der Waals surface area contributed by atoms with Crippen LogP contribution in [0.1, 0.15) is 37.2 Å². The minimum atomic E-state index is -0.840. The van der Waals surface area contributed by atoms with Gasteiger partial charge < -0.3 is 5.11 Å². The van der Waals surface area contributed by atoms with Crippen molar-refractivity contribution in [1.29, 1.82) is 0 Å². The molecule has 2 nitrogen and oxygen atoms in total. The molecule has 1 aromatic carbocycles. The summed E-state index contributed by atoms with van der Waals surface area (Å²) in [7, 11) is 0. The van der Waals surface area contributed by atoms with Crippen molar-refractivity contribution >= 4 is 5.97 Å². The molecule has 1 fully saturated rings. The lowest BCUT2D eigenvalue weighted by atomic mass is 9.79. The Morgan fingerprint density at radius 1 is 1.12 bits per heavy atom. The van der Waals surface area contributed by atoms with Crippen molar-refractivity contribution in [2.75, 3.05) is 0 Å². The van der Waals surface area contributed by atoms with E-state index in [9.17, 15) is 13.6 Å². The number of halogens is 2. The Morgan fingerprint density at radius 2 is 1.76 bits per heavy atom. The molecule has 2 rings (SSSR count). The van der Waals surface area contributed by atoms with Crippen molar-refractivity contribution in [2.45, 2.75) is 31.6 Å². The molecule has 4 heteroatoms. The topological polar surface area (TPSA) is 37.3 Å². The number of benzene rings is 1. The monoisotopic (exact) mass is 240 g/mol. The van der Waals surface area contributed by atoms with Gasteiger partial charge in [-0.2, -0.15) is 0 Å². The van der Waals surface area contributed by atoms with E-state index >= 15 is 0 Å². The Labute approximate surface area is 98.3 Å². The van der Waals surface area contributed by atoms with Crippen LogP contribution in [0.15, 0.2) is 18.2 Å². The smallest absolute Gasteiger partial charge is 0.306 e. The lowest BCUT2D eigenvalue weighted by Gasteiger charge is -2.26. The van der Waals surface area contributed by atoms with Crippen LogP contribution in [-0.4, -0.2) is 11.1 Å². The lowest BCUT2D eigenvalue weighted by molar-refractivity contribution is -0.142. The number of carbonyl (C=O) groups is 1. The van der Waals surface area contributed by atoms with Gasteiger partial charge in [-0.1, -0.05) is 6.07 Å². The van der Waals surface area contributed by atoms with Gasteiger partial charge in [0.2, 0.25) is 0 Å². The van der Waals surface area contributed by atoms with Crippen LogP contribution >= 0.6 is 0 Å². The summed E-state index contributed by atoms with van der Waals surface area (Å²) < 4.78 is 25.9. The molecule has 0 saturated heterocycles. The van der Waals surface area contributed by atoms with Gasteiger partial charge in [-0.05, 0) is 49.3 Å². The predicted molar refractivity (Wildman–Crippen MR) is 58.7 cm³/mol. The Balaban J connectivity index is 2.05. The van der Waals surface area contributed by atoms with Crippen LogP contribution in [0.25, 0.3) is 0 Å².